The van der Waals surface area contributed by atoms with Gasteiger partial charge in [-0.1, -0.05) is 0 Å². The summed E-state index contributed by atoms with van der Waals surface area (Å²) in [7, 11) is 0. The number of hydrogen-bond donors (Lipinski definition) is 1. The van der Waals surface area contributed by atoms with Crippen LogP contribution in [-0.4, -0.2) is 54.8 Å². The van der Waals surface area contributed by atoms with E-state index in [0.717, 1.165) is 32.6 Å². The molecule has 0 aliphatic carbocycles. The first-order valence-corrected chi connectivity index (χ1v) is 6.93. The molecule has 0 saturated carbocycles. The van der Waals surface area contributed by atoms with E-state index in [1.54, 1.807) is 29.2 Å². The van der Waals surface area contributed by atoms with Crippen LogP contribution in [0.15, 0.2) is 24.3 Å². The topological polar surface area (TPSA) is 76.4 Å². The molecule has 1 saturated heterocycles. The second-order valence-corrected chi connectivity index (χ2v) is 4.97. The van der Waals surface area contributed by atoms with Crippen molar-refractivity contribution in [2.75, 3.05) is 38.0 Å². The van der Waals surface area contributed by atoms with Crippen LogP contribution in [0, 0.1) is 11.3 Å². The Bertz CT molecular complexity index is 528. The number of anilines is 1. The van der Waals surface area contributed by atoms with Crippen molar-refractivity contribution in [1.29, 1.82) is 5.26 Å². The highest BCUT2D eigenvalue weighted by Gasteiger charge is 2.15. The average molecular weight is 286 g/mol. The summed E-state index contributed by atoms with van der Waals surface area (Å²) in [6, 6.07) is 8.83. The van der Waals surface area contributed by atoms with E-state index in [1.807, 2.05) is 6.07 Å². The first kappa shape index (κ1) is 15.0. The molecule has 1 fully saturated rings. The largest absolute Gasteiger partial charge is 0.343 e. The third kappa shape index (κ3) is 4.58. The SMILES string of the molecule is N#Cc1ccc(NC(=O)CCN2CCN(C=O)CC2)cc1. The first-order valence-electron chi connectivity index (χ1n) is 6.93. The average Bonchev–Trinajstić information content (AvgIpc) is 2.54. The van der Waals surface area contributed by atoms with E-state index in [-0.39, 0.29) is 5.91 Å². The summed E-state index contributed by atoms with van der Waals surface area (Å²) in [6.45, 7) is 3.75. The number of rotatable bonds is 5. The minimum absolute atomic E-state index is 0.0440. The van der Waals surface area contributed by atoms with E-state index < -0.39 is 0 Å². The number of nitrogens with zero attached hydrogens (tertiary/aromatic N) is 3. The normalized spacial score (nSPS) is 15.3. The Morgan fingerprint density at radius 2 is 1.90 bits per heavy atom. The van der Waals surface area contributed by atoms with E-state index in [2.05, 4.69) is 10.2 Å². The Balaban J connectivity index is 1.72. The van der Waals surface area contributed by atoms with Gasteiger partial charge in [0, 0.05) is 44.8 Å². The van der Waals surface area contributed by atoms with Crippen LogP contribution in [0.25, 0.3) is 0 Å². The van der Waals surface area contributed by atoms with Crippen LogP contribution in [0.1, 0.15) is 12.0 Å². The fraction of sp³-hybridized carbons (Fsp3) is 0.400. The van der Waals surface area contributed by atoms with Gasteiger partial charge in [-0.15, -0.1) is 0 Å². The Morgan fingerprint density at radius 1 is 1.24 bits per heavy atom. The van der Waals surface area contributed by atoms with Crippen LogP contribution in [0.2, 0.25) is 0 Å². The van der Waals surface area contributed by atoms with Crippen molar-refractivity contribution in [3.63, 3.8) is 0 Å². The van der Waals surface area contributed by atoms with Crippen molar-refractivity contribution in [1.82, 2.24) is 9.80 Å². The van der Waals surface area contributed by atoms with E-state index in [0.29, 0.717) is 24.2 Å². The van der Waals surface area contributed by atoms with Gasteiger partial charge >= 0.3 is 0 Å². The monoisotopic (exact) mass is 286 g/mol. The van der Waals surface area contributed by atoms with Crippen molar-refractivity contribution < 1.29 is 9.59 Å². The van der Waals surface area contributed by atoms with Crippen LogP contribution >= 0.6 is 0 Å². The second kappa shape index (κ2) is 7.41. The van der Waals surface area contributed by atoms with Crippen LogP contribution in [0.3, 0.4) is 0 Å². The summed E-state index contributed by atoms with van der Waals surface area (Å²) in [4.78, 5) is 26.4. The molecule has 2 rings (SSSR count). The molecule has 1 aliphatic rings. The molecule has 1 aromatic carbocycles. The van der Waals surface area contributed by atoms with Gasteiger partial charge in [-0.3, -0.25) is 14.5 Å². The fourth-order valence-electron chi connectivity index (χ4n) is 2.20. The quantitative estimate of drug-likeness (QED) is 0.807. The van der Waals surface area contributed by atoms with Crippen molar-refractivity contribution in [2.24, 2.45) is 0 Å². The minimum atomic E-state index is -0.0440. The zero-order valence-corrected chi connectivity index (χ0v) is 11.8. The molecular weight excluding hydrogens is 268 g/mol. The maximum atomic E-state index is 11.9. The molecule has 6 heteroatoms. The van der Waals surface area contributed by atoms with Gasteiger partial charge in [-0.25, -0.2) is 0 Å². The standard InChI is InChI=1S/C15H18N4O2/c16-11-13-1-3-14(4-2-13)17-15(21)5-6-18-7-9-19(12-20)10-8-18/h1-4,12H,5-10H2,(H,17,21). The number of piperazine rings is 1. The smallest absolute Gasteiger partial charge is 0.225 e. The number of nitriles is 1. The van der Waals surface area contributed by atoms with Crippen molar-refractivity contribution in [3.05, 3.63) is 29.8 Å². The second-order valence-electron chi connectivity index (χ2n) is 4.97. The molecule has 110 valence electrons. The van der Waals surface area contributed by atoms with E-state index in [1.165, 1.54) is 0 Å². The molecule has 0 unspecified atom stereocenters. The van der Waals surface area contributed by atoms with E-state index in [9.17, 15) is 9.59 Å². The van der Waals surface area contributed by atoms with Gasteiger partial charge in [0.1, 0.15) is 0 Å². The van der Waals surface area contributed by atoms with Gasteiger partial charge in [0.05, 0.1) is 11.6 Å². The Morgan fingerprint density at radius 3 is 2.48 bits per heavy atom. The van der Waals surface area contributed by atoms with Gasteiger partial charge in [-0.05, 0) is 24.3 Å². The third-order valence-corrected chi connectivity index (χ3v) is 3.51. The lowest BCUT2D eigenvalue weighted by Gasteiger charge is -2.32. The molecule has 1 heterocycles. The maximum absolute atomic E-state index is 11.9. The molecule has 0 aromatic heterocycles. The molecule has 0 bridgehead atoms. The molecule has 0 spiro atoms. The first-order chi connectivity index (χ1) is 10.2. The number of carbonyl (C=O) groups excluding carboxylic acids is 2. The number of carbonyl (C=O) groups is 2. The van der Waals surface area contributed by atoms with E-state index in [4.69, 9.17) is 5.26 Å². The van der Waals surface area contributed by atoms with Gasteiger partial charge in [0.25, 0.3) is 0 Å². The molecule has 0 radical (unpaired) electrons. The lowest BCUT2D eigenvalue weighted by atomic mass is 10.2. The number of hydrogen-bond acceptors (Lipinski definition) is 4. The summed E-state index contributed by atoms with van der Waals surface area (Å²) in [5.74, 6) is -0.0440. The van der Waals surface area contributed by atoms with Crippen LogP contribution in [0.4, 0.5) is 5.69 Å². The number of benzene rings is 1. The van der Waals surface area contributed by atoms with Crippen molar-refractivity contribution in [3.8, 4) is 6.07 Å². The van der Waals surface area contributed by atoms with Crippen molar-refractivity contribution in [2.45, 2.75) is 6.42 Å². The highest BCUT2D eigenvalue weighted by Crippen LogP contribution is 2.09. The van der Waals surface area contributed by atoms with Crippen molar-refractivity contribution >= 4 is 18.0 Å². The molecule has 6 nitrogen and oxygen atoms in total. The summed E-state index contributed by atoms with van der Waals surface area (Å²) in [6.07, 6.45) is 1.29. The summed E-state index contributed by atoms with van der Waals surface area (Å²) < 4.78 is 0. The summed E-state index contributed by atoms with van der Waals surface area (Å²) in [5.41, 5.74) is 1.27. The minimum Gasteiger partial charge on any atom is -0.343 e. The predicted molar refractivity (Wildman–Crippen MR) is 78.5 cm³/mol. The summed E-state index contributed by atoms with van der Waals surface area (Å²) in [5, 5.41) is 11.5. The lowest BCUT2D eigenvalue weighted by molar-refractivity contribution is -0.120. The van der Waals surface area contributed by atoms with Crippen LogP contribution < -0.4 is 5.32 Å². The molecule has 1 aromatic rings. The van der Waals surface area contributed by atoms with Gasteiger partial charge < -0.3 is 10.2 Å². The lowest BCUT2D eigenvalue weighted by Crippen LogP contribution is -2.46. The number of amides is 2. The van der Waals surface area contributed by atoms with Crippen LogP contribution in [-0.2, 0) is 9.59 Å². The predicted octanol–water partition coefficient (Wildman–Crippen LogP) is 0.661. The molecule has 21 heavy (non-hydrogen) atoms. The van der Waals surface area contributed by atoms with Gasteiger partial charge in [-0.2, -0.15) is 5.26 Å². The zero-order chi connectivity index (χ0) is 15.1. The summed E-state index contributed by atoms with van der Waals surface area (Å²) >= 11 is 0. The van der Waals surface area contributed by atoms with Gasteiger partial charge in [0.15, 0.2) is 0 Å². The van der Waals surface area contributed by atoms with Gasteiger partial charge in [0.2, 0.25) is 12.3 Å². The molecule has 0 atom stereocenters. The highest BCUT2D eigenvalue weighted by molar-refractivity contribution is 5.90. The Hall–Kier alpha value is -2.39. The Labute approximate surface area is 123 Å². The maximum Gasteiger partial charge on any atom is 0.225 e. The zero-order valence-electron chi connectivity index (χ0n) is 11.8. The molecule has 1 aliphatic heterocycles. The number of nitrogens with one attached hydrogen (secondary N) is 1. The Kier molecular flexibility index (Phi) is 5.29. The van der Waals surface area contributed by atoms with E-state index >= 15 is 0 Å². The fourth-order valence-corrected chi connectivity index (χ4v) is 2.20. The molecular formula is C15H18N4O2. The molecule has 1 N–H and O–H groups in total. The third-order valence-electron chi connectivity index (χ3n) is 3.51. The van der Waals surface area contributed by atoms with Crippen LogP contribution in [0.5, 0.6) is 0 Å². The highest BCUT2D eigenvalue weighted by atomic mass is 16.1. The molecule has 2 amide bonds.